The molecule has 2 rings (SSSR count). The van der Waals surface area contributed by atoms with E-state index in [1.165, 1.54) is 0 Å². The van der Waals surface area contributed by atoms with Gasteiger partial charge in [0, 0.05) is 5.75 Å². The van der Waals surface area contributed by atoms with E-state index in [4.69, 9.17) is 0 Å². The first-order chi connectivity index (χ1) is 7.35. The van der Waals surface area contributed by atoms with Gasteiger partial charge >= 0.3 is 0 Å². The molecule has 2 aromatic rings. The molecule has 3 heteroatoms. The van der Waals surface area contributed by atoms with Crippen molar-refractivity contribution in [2.45, 2.75) is 19.1 Å². The van der Waals surface area contributed by atoms with Crippen LogP contribution in [0.3, 0.4) is 0 Å². The number of aryl methyl sites for hydroxylation is 1. The molecule has 0 radical (unpaired) electrons. The van der Waals surface area contributed by atoms with Crippen molar-refractivity contribution in [1.82, 2.24) is 9.97 Å². The van der Waals surface area contributed by atoms with Gasteiger partial charge in [0.1, 0.15) is 0 Å². The molecule has 0 aliphatic rings. The van der Waals surface area contributed by atoms with E-state index in [1.807, 2.05) is 24.3 Å². The van der Waals surface area contributed by atoms with Crippen molar-refractivity contribution in [2.75, 3.05) is 6.26 Å². The molecule has 0 amide bonds. The third kappa shape index (κ3) is 2.12. The number of fused-ring (bicyclic) bond motifs is 1. The summed E-state index contributed by atoms with van der Waals surface area (Å²) in [6.45, 7) is 2.13. The van der Waals surface area contributed by atoms with E-state index in [0.717, 1.165) is 34.6 Å². The van der Waals surface area contributed by atoms with Crippen LogP contribution in [0.15, 0.2) is 24.3 Å². The first kappa shape index (κ1) is 10.4. The fourth-order valence-electron chi connectivity index (χ4n) is 1.61. The van der Waals surface area contributed by atoms with Gasteiger partial charge in [-0.2, -0.15) is 11.8 Å². The van der Waals surface area contributed by atoms with Crippen molar-refractivity contribution < 1.29 is 0 Å². The molecule has 1 aromatic carbocycles. The maximum absolute atomic E-state index is 4.65. The van der Waals surface area contributed by atoms with Gasteiger partial charge in [0.2, 0.25) is 0 Å². The summed E-state index contributed by atoms with van der Waals surface area (Å²) >= 11 is 1.79. The zero-order valence-corrected chi connectivity index (χ0v) is 9.84. The average molecular weight is 218 g/mol. The van der Waals surface area contributed by atoms with Crippen LogP contribution >= 0.6 is 11.8 Å². The molecule has 0 saturated heterocycles. The van der Waals surface area contributed by atoms with Crippen molar-refractivity contribution in [3.63, 3.8) is 0 Å². The molecule has 78 valence electrons. The Morgan fingerprint density at radius 3 is 2.20 bits per heavy atom. The Labute approximate surface area is 94.1 Å². The lowest BCUT2D eigenvalue weighted by atomic mass is 10.2. The lowest BCUT2D eigenvalue weighted by Crippen LogP contribution is -1.99. The molecule has 0 atom stereocenters. The number of para-hydroxylation sites is 2. The van der Waals surface area contributed by atoms with E-state index in [0.29, 0.717) is 0 Å². The Morgan fingerprint density at radius 1 is 1.07 bits per heavy atom. The minimum Gasteiger partial charge on any atom is -0.249 e. The van der Waals surface area contributed by atoms with Crippen LogP contribution in [-0.4, -0.2) is 16.2 Å². The molecule has 2 nitrogen and oxygen atoms in total. The van der Waals surface area contributed by atoms with Gasteiger partial charge in [-0.1, -0.05) is 19.1 Å². The number of benzene rings is 1. The van der Waals surface area contributed by atoms with Crippen molar-refractivity contribution in [1.29, 1.82) is 0 Å². The highest BCUT2D eigenvalue weighted by Crippen LogP contribution is 2.16. The van der Waals surface area contributed by atoms with Crippen molar-refractivity contribution in [2.24, 2.45) is 0 Å². The lowest BCUT2D eigenvalue weighted by molar-refractivity contribution is 0.982. The second-order valence-electron chi connectivity index (χ2n) is 3.39. The summed E-state index contributed by atoms with van der Waals surface area (Å²) in [4.78, 5) is 9.29. The molecular formula is C12H14N2S. The number of hydrogen-bond donors (Lipinski definition) is 0. The van der Waals surface area contributed by atoms with Crippen LogP contribution in [0.5, 0.6) is 0 Å². The number of hydrogen-bond acceptors (Lipinski definition) is 3. The molecule has 0 saturated carbocycles. The summed E-state index contributed by atoms with van der Waals surface area (Å²) in [5.74, 6) is 0.945. The number of aromatic nitrogens is 2. The molecule has 0 fully saturated rings. The molecule has 1 aromatic heterocycles. The topological polar surface area (TPSA) is 25.8 Å². The van der Waals surface area contributed by atoms with Crippen LogP contribution in [-0.2, 0) is 12.2 Å². The molecule has 0 bridgehead atoms. The Balaban J connectivity index is 2.58. The summed E-state index contributed by atoms with van der Waals surface area (Å²) in [6.07, 6.45) is 3.05. The van der Waals surface area contributed by atoms with E-state index < -0.39 is 0 Å². The van der Waals surface area contributed by atoms with Gasteiger partial charge in [-0.05, 0) is 24.8 Å². The minimum atomic E-state index is 0.945. The summed E-state index contributed by atoms with van der Waals surface area (Å²) in [7, 11) is 0. The van der Waals surface area contributed by atoms with Crippen LogP contribution < -0.4 is 0 Å². The quantitative estimate of drug-likeness (QED) is 0.792. The first-order valence-electron chi connectivity index (χ1n) is 5.08. The summed E-state index contributed by atoms with van der Waals surface area (Å²) in [5, 5.41) is 0. The molecule has 1 heterocycles. The number of rotatable bonds is 3. The monoisotopic (exact) mass is 218 g/mol. The normalized spacial score (nSPS) is 10.8. The molecular weight excluding hydrogens is 204 g/mol. The SMILES string of the molecule is CCc1nc2ccccc2nc1CSC. The zero-order valence-electron chi connectivity index (χ0n) is 9.03. The maximum atomic E-state index is 4.65. The van der Waals surface area contributed by atoms with Crippen LogP contribution in [0.25, 0.3) is 11.0 Å². The summed E-state index contributed by atoms with van der Waals surface area (Å²) in [6, 6.07) is 8.05. The van der Waals surface area contributed by atoms with Gasteiger partial charge in [0.15, 0.2) is 0 Å². The smallest absolute Gasteiger partial charge is 0.0890 e. The average Bonchev–Trinajstić information content (AvgIpc) is 2.28. The minimum absolute atomic E-state index is 0.945. The Morgan fingerprint density at radius 2 is 1.67 bits per heavy atom. The first-order valence-corrected chi connectivity index (χ1v) is 6.48. The fourth-order valence-corrected chi connectivity index (χ4v) is 2.11. The van der Waals surface area contributed by atoms with E-state index in [2.05, 4.69) is 23.1 Å². The molecule has 0 spiro atoms. The zero-order chi connectivity index (χ0) is 10.7. The predicted octanol–water partition coefficient (Wildman–Crippen LogP) is 3.06. The van der Waals surface area contributed by atoms with E-state index >= 15 is 0 Å². The standard InChI is InChI=1S/C12H14N2S/c1-3-9-12(8-15-2)14-11-7-5-4-6-10(11)13-9/h4-7H,3,8H2,1-2H3. The molecule has 0 N–H and O–H groups in total. The van der Waals surface area contributed by atoms with Crippen molar-refractivity contribution in [3.8, 4) is 0 Å². The second kappa shape index (κ2) is 4.62. The highest BCUT2D eigenvalue weighted by atomic mass is 32.2. The number of thioether (sulfide) groups is 1. The van der Waals surface area contributed by atoms with Gasteiger partial charge in [0.05, 0.1) is 22.4 Å². The van der Waals surface area contributed by atoms with Crippen LogP contribution in [0.2, 0.25) is 0 Å². The highest BCUT2D eigenvalue weighted by Gasteiger charge is 2.05. The molecule has 0 unspecified atom stereocenters. The Kier molecular flexibility index (Phi) is 3.21. The lowest BCUT2D eigenvalue weighted by Gasteiger charge is -2.06. The second-order valence-corrected chi connectivity index (χ2v) is 4.26. The van der Waals surface area contributed by atoms with E-state index in [-0.39, 0.29) is 0 Å². The maximum Gasteiger partial charge on any atom is 0.0890 e. The fraction of sp³-hybridized carbons (Fsp3) is 0.333. The van der Waals surface area contributed by atoms with Gasteiger partial charge in [-0.3, -0.25) is 0 Å². The largest absolute Gasteiger partial charge is 0.249 e. The number of nitrogens with zero attached hydrogens (tertiary/aromatic N) is 2. The van der Waals surface area contributed by atoms with Crippen LogP contribution in [0.4, 0.5) is 0 Å². The predicted molar refractivity (Wildman–Crippen MR) is 66.1 cm³/mol. The Hall–Kier alpha value is -1.09. The third-order valence-electron chi connectivity index (χ3n) is 2.34. The highest BCUT2D eigenvalue weighted by molar-refractivity contribution is 7.97. The molecule has 0 aliphatic carbocycles. The van der Waals surface area contributed by atoms with Gasteiger partial charge in [-0.15, -0.1) is 0 Å². The van der Waals surface area contributed by atoms with E-state index in [1.54, 1.807) is 11.8 Å². The summed E-state index contributed by atoms with van der Waals surface area (Å²) < 4.78 is 0. The van der Waals surface area contributed by atoms with E-state index in [9.17, 15) is 0 Å². The van der Waals surface area contributed by atoms with Gasteiger partial charge < -0.3 is 0 Å². The summed E-state index contributed by atoms with van der Waals surface area (Å²) in [5.41, 5.74) is 4.25. The van der Waals surface area contributed by atoms with Crippen LogP contribution in [0, 0.1) is 0 Å². The van der Waals surface area contributed by atoms with Gasteiger partial charge in [0.25, 0.3) is 0 Å². The Bertz CT molecular complexity index is 468. The van der Waals surface area contributed by atoms with Crippen molar-refractivity contribution >= 4 is 22.8 Å². The van der Waals surface area contributed by atoms with Crippen molar-refractivity contribution in [3.05, 3.63) is 35.7 Å². The van der Waals surface area contributed by atoms with Gasteiger partial charge in [-0.25, -0.2) is 9.97 Å². The molecule has 0 aliphatic heterocycles. The third-order valence-corrected chi connectivity index (χ3v) is 2.90. The van der Waals surface area contributed by atoms with Crippen LogP contribution in [0.1, 0.15) is 18.3 Å². The molecule has 15 heavy (non-hydrogen) atoms.